The first-order valence-corrected chi connectivity index (χ1v) is 26.3. The predicted molar refractivity (Wildman–Crippen MR) is 245 cm³/mol. The molecule has 61 heavy (non-hydrogen) atoms. The van der Waals surface area contributed by atoms with Crippen molar-refractivity contribution in [3.05, 3.63) is 76.9 Å². The number of carbonyl (C=O) groups is 2. The Balaban J connectivity index is 1.12. The monoisotopic (exact) mass is 910 g/mol. The molecule has 2 bridgehead atoms. The van der Waals surface area contributed by atoms with Gasteiger partial charge in [0.1, 0.15) is 22.7 Å². The van der Waals surface area contributed by atoms with Gasteiger partial charge in [0.25, 0.3) is 0 Å². The zero-order valence-electron chi connectivity index (χ0n) is 36.5. The number of fused-ring (bicyclic) bond motifs is 5. The standard InChI is InChI=1S/C48H62O9S4/c1-27-34(55-42(50)38-32(29-13-9-8-10-14-29)23-33(54-38)30-15-17-31(52-7)18-16-30)25-48(51)28(2)40-46(5)26-53-35(46)24-36(56-43-58-19-11-20-59-43)47(40,6)41(49)39(37(27)45(48,3)4)57-44-60-21-12-22-61-44/h8-10,13-18,28,32-36,38-40,43-44,51H,11-12,19-26H2,1-7H3/t28-,32-,33-,34-,35+,36-,38+,39+,40+,46+,47+,48+/m0/s1. The Morgan fingerprint density at radius 1 is 0.852 bits per heavy atom. The highest BCUT2D eigenvalue weighted by molar-refractivity contribution is 8.17. The maximum Gasteiger partial charge on any atom is 0.336 e. The molecule has 12 atom stereocenters. The number of aliphatic hydroxyl groups is 1. The third-order valence-electron chi connectivity index (χ3n) is 15.7. The molecular formula is C48H62O9S4. The molecule has 0 spiro atoms. The Labute approximate surface area is 378 Å². The van der Waals surface area contributed by atoms with Gasteiger partial charge >= 0.3 is 5.97 Å². The number of thioether (sulfide) groups is 4. The average molecular weight is 911 g/mol. The van der Waals surface area contributed by atoms with E-state index in [1.807, 2.05) is 85.0 Å². The first-order chi connectivity index (χ1) is 29.2. The van der Waals surface area contributed by atoms with Gasteiger partial charge in [0.05, 0.1) is 43.0 Å². The van der Waals surface area contributed by atoms with E-state index in [1.54, 1.807) is 30.6 Å². The molecule has 4 heterocycles. The first-order valence-electron chi connectivity index (χ1n) is 22.1. The minimum Gasteiger partial charge on any atom is -0.497 e. The van der Waals surface area contributed by atoms with E-state index in [1.165, 1.54) is 0 Å². The maximum absolute atomic E-state index is 16.2. The van der Waals surface area contributed by atoms with Crippen molar-refractivity contribution < 1.29 is 43.1 Å². The molecule has 332 valence electrons. The number of rotatable bonds is 9. The Hall–Kier alpha value is -1.68. The second-order valence-corrected chi connectivity index (χ2v) is 24.5. The lowest BCUT2D eigenvalue weighted by molar-refractivity contribution is -0.306. The molecule has 9 rings (SSSR count). The smallest absolute Gasteiger partial charge is 0.336 e. The van der Waals surface area contributed by atoms with Crippen LogP contribution in [0.25, 0.3) is 0 Å². The minimum atomic E-state index is -1.41. The summed E-state index contributed by atoms with van der Waals surface area (Å²) in [6, 6.07) is 17.8. The zero-order valence-corrected chi connectivity index (χ0v) is 39.7. The lowest BCUT2D eigenvalue weighted by atomic mass is 9.40. The molecule has 4 saturated heterocycles. The Morgan fingerprint density at radius 3 is 2.10 bits per heavy atom. The van der Waals surface area contributed by atoms with Gasteiger partial charge in [0.15, 0.2) is 16.7 Å². The highest BCUT2D eigenvalue weighted by Crippen LogP contribution is 2.68. The molecule has 7 aliphatic rings. The predicted octanol–water partition coefficient (Wildman–Crippen LogP) is 9.43. The van der Waals surface area contributed by atoms with E-state index in [4.69, 9.17) is 28.4 Å². The van der Waals surface area contributed by atoms with E-state index in [0.29, 0.717) is 19.4 Å². The summed E-state index contributed by atoms with van der Waals surface area (Å²) in [5.74, 6) is 3.24. The fourth-order valence-electron chi connectivity index (χ4n) is 12.3. The van der Waals surface area contributed by atoms with E-state index >= 15 is 4.79 Å². The van der Waals surface area contributed by atoms with Gasteiger partial charge in [0, 0.05) is 29.6 Å². The van der Waals surface area contributed by atoms with Crippen LogP contribution in [0.15, 0.2) is 65.7 Å². The van der Waals surface area contributed by atoms with Crippen LogP contribution in [-0.2, 0) is 33.3 Å². The van der Waals surface area contributed by atoms with Crippen molar-refractivity contribution in [1.82, 2.24) is 0 Å². The number of Topliss-reactive ketones (excluding diaryl/α,β-unsaturated/α-hetero) is 1. The topological polar surface area (TPSA) is 110 Å². The van der Waals surface area contributed by atoms with Crippen LogP contribution in [0.3, 0.4) is 0 Å². The molecule has 1 N–H and O–H groups in total. The highest BCUT2D eigenvalue weighted by atomic mass is 32.2. The van der Waals surface area contributed by atoms with E-state index in [9.17, 15) is 9.90 Å². The maximum atomic E-state index is 16.2. The third-order valence-corrected chi connectivity index (χ3v) is 21.0. The molecule has 0 aromatic heterocycles. The molecule has 3 aliphatic carbocycles. The van der Waals surface area contributed by atoms with Crippen LogP contribution >= 0.6 is 47.0 Å². The van der Waals surface area contributed by atoms with Gasteiger partial charge < -0.3 is 33.5 Å². The molecular weight excluding hydrogens is 849 g/mol. The minimum absolute atomic E-state index is 0.000519. The summed E-state index contributed by atoms with van der Waals surface area (Å²) in [6.45, 7) is 13.1. The average Bonchev–Trinajstić information content (AvgIpc) is 3.72. The summed E-state index contributed by atoms with van der Waals surface area (Å²) in [5, 5.41) is 13.8. The molecule has 13 heteroatoms. The number of hydrogen-bond donors (Lipinski definition) is 1. The van der Waals surface area contributed by atoms with Crippen molar-refractivity contribution in [3.63, 3.8) is 0 Å². The summed E-state index contributed by atoms with van der Waals surface area (Å²) >= 11 is 7.10. The van der Waals surface area contributed by atoms with Gasteiger partial charge in [-0.2, -0.15) is 0 Å². The molecule has 4 aliphatic heterocycles. The van der Waals surface area contributed by atoms with Crippen molar-refractivity contribution in [3.8, 4) is 5.75 Å². The van der Waals surface area contributed by atoms with E-state index in [-0.39, 0.29) is 45.8 Å². The number of esters is 1. The molecule has 0 unspecified atom stereocenters. The quantitative estimate of drug-likeness (QED) is 0.191. The van der Waals surface area contributed by atoms with Crippen molar-refractivity contribution in [2.45, 2.75) is 131 Å². The Bertz CT molecular complexity index is 1970. The van der Waals surface area contributed by atoms with Crippen molar-refractivity contribution in [2.75, 3.05) is 36.7 Å². The van der Waals surface area contributed by atoms with E-state index in [2.05, 4.69) is 34.6 Å². The van der Waals surface area contributed by atoms with Crippen molar-refractivity contribution in [1.29, 1.82) is 0 Å². The number of ketones is 1. The van der Waals surface area contributed by atoms with Crippen molar-refractivity contribution >= 4 is 58.8 Å². The van der Waals surface area contributed by atoms with Crippen LogP contribution in [0.5, 0.6) is 5.75 Å². The van der Waals surface area contributed by atoms with Gasteiger partial charge in [-0.3, -0.25) is 4.79 Å². The van der Waals surface area contributed by atoms with Gasteiger partial charge in [0.2, 0.25) is 0 Å². The van der Waals surface area contributed by atoms with Gasteiger partial charge in [-0.1, -0.05) is 70.2 Å². The third kappa shape index (κ3) is 7.57. The van der Waals surface area contributed by atoms with Gasteiger partial charge in [-0.05, 0) is 102 Å². The number of carbonyl (C=O) groups excluding carboxylic acids is 2. The summed E-state index contributed by atoms with van der Waals surface area (Å²) in [5.41, 5.74) is -0.260. The van der Waals surface area contributed by atoms with Crippen LogP contribution in [0, 0.1) is 28.1 Å². The van der Waals surface area contributed by atoms with E-state index in [0.717, 1.165) is 63.9 Å². The molecule has 2 aromatic carbocycles. The normalized spacial score (nSPS) is 40.3. The number of ether oxygens (including phenoxy) is 6. The highest BCUT2D eigenvalue weighted by Gasteiger charge is 2.74. The van der Waals surface area contributed by atoms with Crippen LogP contribution < -0.4 is 4.74 Å². The summed E-state index contributed by atoms with van der Waals surface area (Å²) in [7, 11) is 1.64. The van der Waals surface area contributed by atoms with Crippen LogP contribution in [0.4, 0.5) is 0 Å². The fraction of sp³-hybridized carbons (Fsp3) is 0.667. The SMILES string of the molecule is COc1ccc([C@@H]2C[C@@H](c3ccccc3)[C@H](C(=O)O[C@H]3C[C@@]4(O)[C@@H](C)[C@@H]5[C@]6(C)CO[C@@H]6C[C@H](OC6SCCCS6)[C@@]5(C)C(=O)[C@H](OC5SCCCS5)C(=C3C)C4(C)C)O2)cc1. The Morgan fingerprint density at radius 2 is 1.49 bits per heavy atom. The summed E-state index contributed by atoms with van der Waals surface area (Å²) in [6.07, 6.45) is 0.0397. The number of hydrogen-bond acceptors (Lipinski definition) is 13. The van der Waals surface area contributed by atoms with Gasteiger partial charge in [-0.25, -0.2) is 4.79 Å². The van der Waals surface area contributed by atoms with Crippen LogP contribution in [0.2, 0.25) is 0 Å². The van der Waals surface area contributed by atoms with Gasteiger partial charge in [-0.15, -0.1) is 47.0 Å². The molecule has 2 saturated carbocycles. The fourth-order valence-corrected chi connectivity index (χ4v) is 17.4. The van der Waals surface area contributed by atoms with E-state index < -0.39 is 58.1 Å². The number of methoxy groups -OCH3 is 1. The second-order valence-electron chi connectivity index (χ2n) is 19.2. The molecule has 6 fully saturated rings. The van der Waals surface area contributed by atoms with Crippen LogP contribution in [-0.4, -0.2) is 99.2 Å². The molecule has 9 nitrogen and oxygen atoms in total. The first kappa shape index (κ1) is 44.5. The molecule has 2 aromatic rings. The van der Waals surface area contributed by atoms with Crippen molar-refractivity contribution in [2.24, 2.45) is 28.1 Å². The lowest BCUT2D eigenvalue weighted by Crippen LogP contribution is -2.75. The zero-order chi connectivity index (χ0) is 42.9. The second kappa shape index (κ2) is 17.3. The Kier molecular flexibility index (Phi) is 12.6. The van der Waals surface area contributed by atoms with Crippen LogP contribution in [0.1, 0.15) is 96.8 Å². The largest absolute Gasteiger partial charge is 0.497 e. The number of benzene rings is 2. The lowest BCUT2D eigenvalue weighted by Gasteiger charge is -2.69. The summed E-state index contributed by atoms with van der Waals surface area (Å²) in [4.78, 5) is 31.1. The molecule has 0 amide bonds. The molecule has 0 radical (unpaired) electrons. The summed E-state index contributed by atoms with van der Waals surface area (Å²) < 4.78 is 39.1.